The summed E-state index contributed by atoms with van der Waals surface area (Å²) in [5.74, 6) is 0.459. The Labute approximate surface area is 135 Å². The highest BCUT2D eigenvalue weighted by atomic mass is 16.5. The van der Waals surface area contributed by atoms with Gasteiger partial charge in [-0.05, 0) is 55.9 Å². The zero-order valence-electron chi connectivity index (χ0n) is 13.8. The van der Waals surface area contributed by atoms with E-state index in [2.05, 4.69) is 11.2 Å². The van der Waals surface area contributed by atoms with Gasteiger partial charge in [-0.25, -0.2) is 4.79 Å². The molecule has 1 saturated carbocycles. The Kier molecular flexibility index (Phi) is 4.11. The maximum Gasteiger partial charge on any atom is 0.356 e. The SMILES string of the molecule is Cc1cc(C)c(OCC2CCC2)c(-c2cc(C(=O)O)nn2C)c1. The molecular formula is C18H22N2O3. The lowest BCUT2D eigenvalue weighted by molar-refractivity contribution is 0.0689. The van der Waals surface area contributed by atoms with Gasteiger partial charge < -0.3 is 9.84 Å². The summed E-state index contributed by atoms with van der Waals surface area (Å²) in [5.41, 5.74) is 3.90. The molecule has 2 aromatic rings. The van der Waals surface area contributed by atoms with Gasteiger partial charge in [-0.1, -0.05) is 12.5 Å². The monoisotopic (exact) mass is 314 g/mol. The van der Waals surface area contributed by atoms with Gasteiger partial charge in [0.1, 0.15) is 5.75 Å². The standard InChI is InChI=1S/C18H22N2O3/c1-11-7-12(2)17(23-10-13-5-4-6-13)14(8-11)16-9-15(18(21)22)19-20(16)3/h7-9,13H,4-6,10H2,1-3H3,(H,21,22). The molecular weight excluding hydrogens is 292 g/mol. The molecule has 0 amide bonds. The number of carboxylic acids is 1. The van der Waals surface area contributed by atoms with Gasteiger partial charge in [-0.15, -0.1) is 0 Å². The Morgan fingerprint density at radius 2 is 2.09 bits per heavy atom. The van der Waals surface area contributed by atoms with Gasteiger partial charge in [-0.3, -0.25) is 4.68 Å². The lowest BCUT2D eigenvalue weighted by Gasteiger charge is -2.26. The zero-order valence-corrected chi connectivity index (χ0v) is 13.8. The van der Waals surface area contributed by atoms with Crippen molar-refractivity contribution in [1.82, 2.24) is 9.78 Å². The summed E-state index contributed by atoms with van der Waals surface area (Å²) in [6, 6.07) is 5.73. The molecule has 1 aromatic heterocycles. The Morgan fingerprint density at radius 3 is 2.65 bits per heavy atom. The molecule has 0 spiro atoms. The molecule has 1 heterocycles. The lowest BCUT2D eigenvalue weighted by Crippen LogP contribution is -2.19. The second kappa shape index (κ2) is 6.07. The smallest absolute Gasteiger partial charge is 0.356 e. The van der Waals surface area contributed by atoms with Crippen molar-refractivity contribution in [2.24, 2.45) is 13.0 Å². The Hall–Kier alpha value is -2.30. The van der Waals surface area contributed by atoms with Crippen LogP contribution in [0.15, 0.2) is 18.2 Å². The molecule has 0 aliphatic heterocycles. The molecule has 5 nitrogen and oxygen atoms in total. The summed E-state index contributed by atoms with van der Waals surface area (Å²) in [6.45, 7) is 4.78. The third kappa shape index (κ3) is 3.09. The van der Waals surface area contributed by atoms with Gasteiger partial charge in [-0.2, -0.15) is 5.10 Å². The summed E-state index contributed by atoms with van der Waals surface area (Å²) in [7, 11) is 1.76. The molecule has 1 fully saturated rings. The molecule has 23 heavy (non-hydrogen) atoms. The molecule has 0 radical (unpaired) electrons. The minimum absolute atomic E-state index is 0.0478. The molecule has 3 rings (SSSR count). The van der Waals surface area contributed by atoms with Gasteiger partial charge >= 0.3 is 5.97 Å². The number of hydrogen-bond acceptors (Lipinski definition) is 3. The van der Waals surface area contributed by atoms with Crippen LogP contribution in [0.1, 0.15) is 40.9 Å². The van der Waals surface area contributed by atoms with E-state index in [9.17, 15) is 4.79 Å². The normalized spacial score (nSPS) is 14.6. The first kappa shape index (κ1) is 15.6. The first-order chi connectivity index (χ1) is 11.0. The second-order valence-electron chi connectivity index (χ2n) is 6.41. The lowest BCUT2D eigenvalue weighted by atomic mass is 9.86. The van der Waals surface area contributed by atoms with E-state index in [-0.39, 0.29) is 5.69 Å². The molecule has 0 saturated heterocycles. The van der Waals surface area contributed by atoms with E-state index in [0.717, 1.165) is 34.7 Å². The highest BCUT2D eigenvalue weighted by Gasteiger charge is 2.21. The van der Waals surface area contributed by atoms with E-state index >= 15 is 0 Å². The van der Waals surface area contributed by atoms with Crippen LogP contribution < -0.4 is 4.74 Å². The van der Waals surface area contributed by atoms with E-state index in [1.54, 1.807) is 17.8 Å². The fourth-order valence-corrected chi connectivity index (χ4v) is 3.02. The fourth-order valence-electron chi connectivity index (χ4n) is 3.02. The number of benzene rings is 1. The number of aryl methyl sites for hydroxylation is 3. The first-order valence-electron chi connectivity index (χ1n) is 7.97. The van der Waals surface area contributed by atoms with Gasteiger partial charge in [0.2, 0.25) is 0 Å². The molecule has 1 aliphatic carbocycles. The van der Waals surface area contributed by atoms with Crippen molar-refractivity contribution in [2.75, 3.05) is 6.61 Å². The molecule has 0 unspecified atom stereocenters. The quantitative estimate of drug-likeness (QED) is 0.916. The van der Waals surface area contributed by atoms with Crippen LogP contribution in [-0.4, -0.2) is 27.5 Å². The molecule has 0 bridgehead atoms. The summed E-state index contributed by atoms with van der Waals surface area (Å²) < 4.78 is 7.72. The average Bonchev–Trinajstić information content (AvgIpc) is 2.81. The number of carboxylic acid groups (broad SMARTS) is 1. The van der Waals surface area contributed by atoms with Crippen LogP contribution in [0.25, 0.3) is 11.3 Å². The Morgan fingerprint density at radius 1 is 1.35 bits per heavy atom. The number of aromatic carboxylic acids is 1. The molecule has 1 N–H and O–H groups in total. The maximum absolute atomic E-state index is 11.2. The molecule has 1 aliphatic rings. The predicted octanol–water partition coefficient (Wildman–Crippen LogP) is 3.58. The van der Waals surface area contributed by atoms with E-state index in [4.69, 9.17) is 9.84 Å². The van der Waals surface area contributed by atoms with Crippen LogP contribution in [0.4, 0.5) is 0 Å². The highest BCUT2D eigenvalue weighted by molar-refractivity contribution is 5.87. The van der Waals surface area contributed by atoms with Crippen molar-refractivity contribution in [3.63, 3.8) is 0 Å². The van der Waals surface area contributed by atoms with E-state index in [1.165, 1.54) is 19.3 Å². The number of nitrogens with zero attached hydrogens (tertiary/aromatic N) is 2. The Balaban J connectivity index is 2.00. The minimum Gasteiger partial charge on any atom is -0.492 e. The molecule has 5 heteroatoms. The third-order valence-electron chi connectivity index (χ3n) is 4.48. The van der Waals surface area contributed by atoms with E-state index in [1.807, 2.05) is 19.9 Å². The summed E-state index contributed by atoms with van der Waals surface area (Å²) in [5, 5.41) is 13.2. The third-order valence-corrected chi connectivity index (χ3v) is 4.48. The first-order valence-corrected chi connectivity index (χ1v) is 7.97. The van der Waals surface area contributed by atoms with Crippen LogP contribution >= 0.6 is 0 Å². The largest absolute Gasteiger partial charge is 0.492 e. The van der Waals surface area contributed by atoms with Crippen LogP contribution in [0, 0.1) is 19.8 Å². The molecule has 122 valence electrons. The summed E-state index contributed by atoms with van der Waals surface area (Å²) in [4.78, 5) is 11.2. The number of ether oxygens (including phenoxy) is 1. The molecule has 0 atom stereocenters. The van der Waals surface area contributed by atoms with Crippen molar-refractivity contribution < 1.29 is 14.6 Å². The van der Waals surface area contributed by atoms with Gasteiger partial charge in [0, 0.05) is 12.6 Å². The molecule has 1 aromatic carbocycles. The number of hydrogen-bond donors (Lipinski definition) is 1. The van der Waals surface area contributed by atoms with Crippen LogP contribution in [0.3, 0.4) is 0 Å². The van der Waals surface area contributed by atoms with Gasteiger partial charge in [0.05, 0.1) is 12.3 Å². The van der Waals surface area contributed by atoms with Gasteiger partial charge in [0.25, 0.3) is 0 Å². The average molecular weight is 314 g/mol. The van der Waals surface area contributed by atoms with E-state index < -0.39 is 5.97 Å². The van der Waals surface area contributed by atoms with Crippen LogP contribution in [0.5, 0.6) is 5.75 Å². The van der Waals surface area contributed by atoms with Crippen molar-refractivity contribution in [3.05, 3.63) is 35.0 Å². The number of carbonyl (C=O) groups is 1. The topological polar surface area (TPSA) is 64.3 Å². The van der Waals surface area contributed by atoms with Crippen molar-refractivity contribution in [3.8, 4) is 17.0 Å². The predicted molar refractivity (Wildman–Crippen MR) is 87.9 cm³/mol. The maximum atomic E-state index is 11.2. The summed E-state index contributed by atoms with van der Waals surface area (Å²) >= 11 is 0. The van der Waals surface area contributed by atoms with Crippen LogP contribution in [0.2, 0.25) is 0 Å². The van der Waals surface area contributed by atoms with Crippen molar-refractivity contribution in [2.45, 2.75) is 33.1 Å². The fraction of sp³-hybridized carbons (Fsp3) is 0.444. The van der Waals surface area contributed by atoms with Crippen molar-refractivity contribution in [1.29, 1.82) is 0 Å². The number of aromatic nitrogens is 2. The van der Waals surface area contributed by atoms with Crippen LogP contribution in [-0.2, 0) is 7.05 Å². The Bertz CT molecular complexity index is 745. The minimum atomic E-state index is -1.02. The zero-order chi connectivity index (χ0) is 16.6. The van der Waals surface area contributed by atoms with Gasteiger partial charge in [0.15, 0.2) is 5.69 Å². The highest BCUT2D eigenvalue weighted by Crippen LogP contribution is 2.36. The second-order valence-corrected chi connectivity index (χ2v) is 6.41. The van der Waals surface area contributed by atoms with E-state index in [0.29, 0.717) is 5.92 Å². The van der Waals surface area contributed by atoms with Crippen molar-refractivity contribution >= 4 is 5.97 Å². The number of rotatable bonds is 5. The summed E-state index contributed by atoms with van der Waals surface area (Å²) in [6.07, 6.45) is 3.75.